The number of aromatic nitrogens is 2. The van der Waals surface area contributed by atoms with Crippen molar-refractivity contribution in [3.8, 4) is 0 Å². The molecule has 0 saturated carbocycles. The van der Waals surface area contributed by atoms with Gasteiger partial charge < -0.3 is 14.8 Å². The van der Waals surface area contributed by atoms with Crippen LogP contribution in [0.25, 0.3) is 10.9 Å². The Balaban J connectivity index is 1.64. The van der Waals surface area contributed by atoms with E-state index in [1.54, 1.807) is 49.3 Å². The minimum Gasteiger partial charge on any atom is -0.345 e. The Morgan fingerprint density at radius 1 is 1.03 bits per heavy atom. The van der Waals surface area contributed by atoms with Crippen LogP contribution in [0.1, 0.15) is 35.1 Å². The van der Waals surface area contributed by atoms with E-state index in [-0.39, 0.29) is 23.8 Å². The first-order chi connectivity index (χ1) is 14.4. The highest BCUT2D eigenvalue weighted by molar-refractivity contribution is 5.93. The first-order valence-corrected chi connectivity index (χ1v) is 9.95. The Morgan fingerprint density at radius 2 is 1.73 bits per heavy atom. The number of nitrogens with one attached hydrogen (secondary N) is 1. The average Bonchev–Trinajstić information content (AvgIpc) is 2.75. The number of hydrogen-bond acceptors (Lipinski definition) is 4. The van der Waals surface area contributed by atoms with Crippen LogP contribution in [0.2, 0.25) is 0 Å². The summed E-state index contributed by atoms with van der Waals surface area (Å²) in [5.41, 5.74) is 2.01. The van der Waals surface area contributed by atoms with Crippen LogP contribution in [0.4, 0.5) is 0 Å². The summed E-state index contributed by atoms with van der Waals surface area (Å²) >= 11 is 0. The summed E-state index contributed by atoms with van der Waals surface area (Å²) in [6.45, 7) is 2.96. The van der Waals surface area contributed by atoms with Gasteiger partial charge in [-0.05, 0) is 36.8 Å². The van der Waals surface area contributed by atoms with Crippen molar-refractivity contribution in [3.63, 3.8) is 0 Å². The third-order valence-corrected chi connectivity index (χ3v) is 4.95. The van der Waals surface area contributed by atoms with Gasteiger partial charge in [0.25, 0.3) is 11.5 Å². The van der Waals surface area contributed by atoms with Gasteiger partial charge in [-0.25, -0.2) is 4.98 Å². The molecule has 3 aromatic rings. The standard InChI is InChI=1S/C23H26N4O3/c1-4-27(15-16-9-11-17(12-10-16)23(30)26(2)3)21(28)14-13-20-24-19-8-6-5-7-18(19)22(29)25-20/h5-12H,4,13-15H2,1-3H3,(H,24,25,29). The van der Waals surface area contributed by atoms with E-state index in [0.29, 0.717) is 41.8 Å². The number of H-pyrrole nitrogens is 1. The Morgan fingerprint density at radius 3 is 2.40 bits per heavy atom. The highest BCUT2D eigenvalue weighted by Gasteiger charge is 2.14. The number of rotatable bonds is 7. The van der Waals surface area contributed by atoms with Gasteiger partial charge in [-0.15, -0.1) is 0 Å². The van der Waals surface area contributed by atoms with Gasteiger partial charge >= 0.3 is 0 Å². The maximum absolute atomic E-state index is 12.7. The molecule has 1 N–H and O–H groups in total. The van der Waals surface area contributed by atoms with Crippen LogP contribution in [0.3, 0.4) is 0 Å². The number of benzene rings is 2. The fourth-order valence-corrected chi connectivity index (χ4v) is 3.24. The van der Waals surface area contributed by atoms with Gasteiger partial charge in [-0.1, -0.05) is 24.3 Å². The highest BCUT2D eigenvalue weighted by Crippen LogP contribution is 2.11. The number of carbonyl (C=O) groups excluding carboxylic acids is 2. The quantitative estimate of drug-likeness (QED) is 0.653. The molecule has 0 fully saturated rings. The number of hydrogen-bond donors (Lipinski definition) is 1. The maximum Gasteiger partial charge on any atom is 0.258 e. The molecular weight excluding hydrogens is 380 g/mol. The van der Waals surface area contributed by atoms with Gasteiger partial charge in [-0.2, -0.15) is 0 Å². The van der Waals surface area contributed by atoms with Crippen LogP contribution >= 0.6 is 0 Å². The molecule has 3 rings (SSSR count). The van der Waals surface area contributed by atoms with Gasteiger partial charge in [0, 0.05) is 45.6 Å². The molecule has 7 nitrogen and oxygen atoms in total. The lowest BCUT2D eigenvalue weighted by Gasteiger charge is -2.21. The number of carbonyl (C=O) groups is 2. The predicted octanol–water partition coefficient (Wildman–Crippen LogP) is 2.61. The van der Waals surface area contributed by atoms with Gasteiger partial charge in [0.1, 0.15) is 5.82 Å². The van der Waals surface area contributed by atoms with Gasteiger partial charge in [0.2, 0.25) is 5.91 Å². The van der Waals surface area contributed by atoms with Crippen molar-refractivity contribution in [1.29, 1.82) is 0 Å². The lowest BCUT2D eigenvalue weighted by molar-refractivity contribution is -0.131. The number of aromatic amines is 1. The monoisotopic (exact) mass is 406 g/mol. The third kappa shape index (κ3) is 4.92. The molecule has 0 radical (unpaired) electrons. The topological polar surface area (TPSA) is 86.4 Å². The fourth-order valence-electron chi connectivity index (χ4n) is 3.24. The van der Waals surface area contributed by atoms with Gasteiger partial charge in [0.15, 0.2) is 0 Å². The van der Waals surface area contributed by atoms with E-state index in [1.807, 2.05) is 25.1 Å². The molecule has 0 spiro atoms. The first kappa shape index (κ1) is 21.2. The van der Waals surface area contributed by atoms with E-state index >= 15 is 0 Å². The first-order valence-electron chi connectivity index (χ1n) is 9.95. The molecule has 0 aliphatic heterocycles. The van der Waals surface area contributed by atoms with Gasteiger partial charge in [0.05, 0.1) is 10.9 Å². The number of amides is 2. The SMILES string of the molecule is CCN(Cc1ccc(C(=O)N(C)C)cc1)C(=O)CCc1nc2ccccc2c(=O)[nH]1. The van der Waals surface area contributed by atoms with Crippen molar-refractivity contribution < 1.29 is 9.59 Å². The van der Waals surface area contributed by atoms with Crippen molar-refractivity contribution in [2.24, 2.45) is 0 Å². The highest BCUT2D eigenvalue weighted by atomic mass is 16.2. The normalized spacial score (nSPS) is 10.8. The Hall–Kier alpha value is -3.48. The van der Waals surface area contributed by atoms with E-state index in [0.717, 1.165) is 5.56 Å². The molecule has 2 amide bonds. The largest absolute Gasteiger partial charge is 0.345 e. The predicted molar refractivity (Wildman–Crippen MR) is 116 cm³/mol. The number of para-hydroxylation sites is 1. The Labute approximate surface area is 175 Å². The lowest BCUT2D eigenvalue weighted by Crippen LogP contribution is -2.30. The van der Waals surface area contributed by atoms with E-state index in [9.17, 15) is 14.4 Å². The minimum atomic E-state index is -0.192. The Kier molecular flexibility index (Phi) is 6.61. The van der Waals surface area contributed by atoms with Crippen molar-refractivity contribution in [1.82, 2.24) is 19.8 Å². The molecule has 1 aromatic heterocycles. The summed E-state index contributed by atoms with van der Waals surface area (Å²) in [5, 5.41) is 0.541. The van der Waals surface area contributed by atoms with Crippen molar-refractivity contribution in [2.75, 3.05) is 20.6 Å². The average molecular weight is 406 g/mol. The summed E-state index contributed by atoms with van der Waals surface area (Å²) in [5.74, 6) is 0.443. The zero-order chi connectivity index (χ0) is 21.7. The summed E-state index contributed by atoms with van der Waals surface area (Å²) in [6.07, 6.45) is 0.623. The summed E-state index contributed by atoms with van der Waals surface area (Å²) in [7, 11) is 3.43. The zero-order valence-electron chi connectivity index (χ0n) is 17.5. The molecule has 0 aliphatic carbocycles. The lowest BCUT2D eigenvalue weighted by atomic mass is 10.1. The van der Waals surface area contributed by atoms with Crippen molar-refractivity contribution >= 4 is 22.7 Å². The number of aryl methyl sites for hydroxylation is 1. The van der Waals surface area contributed by atoms with Crippen molar-refractivity contribution in [2.45, 2.75) is 26.3 Å². The molecule has 7 heteroatoms. The molecule has 0 bridgehead atoms. The van der Waals surface area contributed by atoms with Crippen molar-refractivity contribution in [3.05, 3.63) is 75.8 Å². The van der Waals surface area contributed by atoms with Gasteiger partial charge in [-0.3, -0.25) is 14.4 Å². The van der Waals surface area contributed by atoms with Crippen LogP contribution in [0.15, 0.2) is 53.3 Å². The molecule has 0 atom stereocenters. The number of fused-ring (bicyclic) bond motifs is 1. The molecule has 1 heterocycles. The number of nitrogens with zero attached hydrogens (tertiary/aromatic N) is 3. The van der Waals surface area contributed by atoms with Crippen LogP contribution in [-0.2, 0) is 17.8 Å². The van der Waals surface area contributed by atoms with Crippen LogP contribution in [-0.4, -0.2) is 52.2 Å². The molecule has 30 heavy (non-hydrogen) atoms. The second kappa shape index (κ2) is 9.35. The molecular formula is C23H26N4O3. The smallest absolute Gasteiger partial charge is 0.258 e. The molecule has 0 unspecified atom stereocenters. The zero-order valence-corrected chi connectivity index (χ0v) is 17.5. The molecule has 2 aromatic carbocycles. The van der Waals surface area contributed by atoms with E-state index < -0.39 is 0 Å². The Bertz CT molecular complexity index is 1100. The summed E-state index contributed by atoms with van der Waals surface area (Å²) < 4.78 is 0. The summed E-state index contributed by atoms with van der Waals surface area (Å²) in [6, 6.07) is 14.4. The maximum atomic E-state index is 12.7. The fraction of sp³-hybridized carbons (Fsp3) is 0.304. The third-order valence-electron chi connectivity index (χ3n) is 4.95. The summed E-state index contributed by atoms with van der Waals surface area (Å²) in [4.78, 5) is 47.4. The van der Waals surface area contributed by atoms with E-state index in [2.05, 4.69) is 9.97 Å². The molecule has 0 aliphatic rings. The van der Waals surface area contributed by atoms with Crippen LogP contribution < -0.4 is 5.56 Å². The minimum absolute atomic E-state index is 0.0123. The van der Waals surface area contributed by atoms with E-state index in [1.165, 1.54) is 4.90 Å². The van der Waals surface area contributed by atoms with E-state index in [4.69, 9.17) is 0 Å². The van der Waals surface area contributed by atoms with Crippen LogP contribution in [0, 0.1) is 0 Å². The second-order valence-corrected chi connectivity index (χ2v) is 7.33. The molecule has 156 valence electrons. The molecule has 0 saturated heterocycles. The second-order valence-electron chi connectivity index (χ2n) is 7.33. The van der Waals surface area contributed by atoms with Crippen LogP contribution in [0.5, 0.6) is 0 Å².